The number of anilines is 1. The summed E-state index contributed by atoms with van der Waals surface area (Å²) in [5.41, 5.74) is 2.68. The highest BCUT2D eigenvalue weighted by atomic mass is 16.2. The number of rotatable bonds is 4. The normalized spacial score (nSPS) is 17.0. The molecule has 2 amide bonds. The zero-order valence-electron chi connectivity index (χ0n) is 14.9. The number of carbonyl (C=O) groups excluding carboxylic acids is 1. The fourth-order valence-corrected chi connectivity index (χ4v) is 3.62. The lowest BCUT2D eigenvalue weighted by Crippen LogP contribution is -2.33. The van der Waals surface area contributed by atoms with Crippen LogP contribution in [0.1, 0.15) is 31.6 Å². The van der Waals surface area contributed by atoms with Gasteiger partial charge in [0, 0.05) is 31.4 Å². The summed E-state index contributed by atoms with van der Waals surface area (Å²) < 4.78 is 2.24. The Morgan fingerprint density at radius 1 is 1.23 bits per heavy atom. The molecule has 6 heteroatoms. The van der Waals surface area contributed by atoms with Crippen LogP contribution in [0, 0.1) is 0 Å². The molecule has 1 N–H and O–H groups in total. The smallest absolute Gasteiger partial charge is 0.321 e. The van der Waals surface area contributed by atoms with Gasteiger partial charge in [0.2, 0.25) is 0 Å². The van der Waals surface area contributed by atoms with Gasteiger partial charge in [-0.25, -0.2) is 14.8 Å². The maximum absolute atomic E-state index is 12.6. The minimum atomic E-state index is -0.0480. The second-order valence-electron chi connectivity index (χ2n) is 6.68. The number of fused-ring (bicyclic) bond motifs is 1. The highest BCUT2D eigenvalue weighted by Crippen LogP contribution is 2.28. The number of urea groups is 1. The van der Waals surface area contributed by atoms with E-state index in [1.807, 2.05) is 53.6 Å². The summed E-state index contributed by atoms with van der Waals surface area (Å²) in [6.07, 6.45) is 4.68. The zero-order chi connectivity index (χ0) is 17.9. The molecule has 3 heterocycles. The molecule has 0 unspecified atom stereocenters. The van der Waals surface area contributed by atoms with E-state index >= 15 is 0 Å². The minimum absolute atomic E-state index is 0.0480. The molecule has 1 saturated heterocycles. The quantitative estimate of drug-likeness (QED) is 0.778. The predicted octanol–water partition coefficient (Wildman–Crippen LogP) is 3.86. The number of hydrogen-bond acceptors (Lipinski definition) is 3. The van der Waals surface area contributed by atoms with E-state index in [2.05, 4.69) is 21.8 Å². The third kappa shape index (κ3) is 3.14. The number of hydrogen-bond donors (Lipinski definition) is 1. The van der Waals surface area contributed by atoms with Crippen molar-refractivity contribution in [1.82, 2.24) is 19.4 Å². The minimum Gasteiger partial charge on any atom is -0.322 e. The fourth-order valence-electron chi connectivity index (χ4n) is 3.62. The van der Waals surface area contributed by atoms with E-state index in [0.717, 1.165) is 48.5 Å². The SMILES string of the molecule is CCCc1nc2cccnc2n1[C@@H]1CCN(C(=O)Nc2ccccc2)C1. The van der Waals surface area contributed by atoms with Crippen LogP contribution in [0.2, 0.25) is 0 Å². The molecule has 0 aliphatic carbocycles. The molecule has 1 aromatic carbocycles. The average Bonchev–Trinajstić information content (AvgIpc) is 3.27. The molecule has 1 aliphatic rings. The van der Waals surface area contributed by atoms with E-state index in [4.69, 9.17) is 4.98 Å². The van der Waals surface area contributed by atoms with Crippen LogP contribution in [0.4, 0.5) is 10.5 Å². The third-order valence-corrected chi connectivity index (χ3v) is 4.84. The van der Waals surface area contributed by atoms with Gasteiger partial charge in [0.25, 0.3) is 0 Å². The summed E-state index contributed by atoms with van der Waals surface area (Å²) in [5, 5.41) is 2.97. The van der Waals surface area contributed by atoms with Gasteiger partial charge in [0.05, 0.1) is 6.04 Å². The summed E-state index contributed by atoms with van der Waals surface area (Å²) in [5.74, 6) is 1.07. The molecule has 0 bridgehead atoms. The molecule has 1 atom stereocenters. The van der Waals surface area contributed by atoms with Crippen LogP contribution in [0.25, 0.3) is 11.2 Å². The predicted molar refractivity (Wildman–Crippen MR) is 102 cm³/mol. The zero-order valence-corrected chi connectivity index (χ0v) is 14.9. The van der Waals surface area contributed by atoms with Crippen molar-refractivity contribution in [2.45, 2.75) is 32.2 Å². The van der Waals surface area contributed by atoms with Crippen LogP contribution in [-0.2, 0) is 6.42 Å². The Morgan fingerprint density at radius 2 is 2.08 bits per heavy atom. The van der Waals surface area contributed by atoms with Crippen LogP contribution in [-0.4, -0.2) is 38.6 Å². The Bertz CT molecular complexity index is 905. The van der Waals surface area contributed by atoms with Gasteiger partial charge in [-0.1, -0.05) is 25.1 Å². The lowest BCUT2D eigenvalue weighted by Gasteiger charge is -2.19. The monoisotopic (exact) mass is 349 g/mol. The van der Waals surface area contributed by atoms with Gasteiger partial charge in [-0.15, -0.1) is 0 Å². The van der Waals surface area contributed by atoms with Crippen molar-refractivity contribution in [3.05, 3.63) is 54.5 Å². The van der Waals surface area contributed by atoms with Gasteiger partial charge < -0.3 is 14.8 Å². The molecule has 26 heavy (non-hydrogen) atoms. The lowest BCUT2D eigenvalue weighted by molar-refractivity contribution is 0.221. The number of aromatic nitrogens is 3. The Labute approximate surface area is 152 Å². The highest BCUT2D eigenvalue weighted by Gasteiger charge is 2.30. The number of amides is 2. The van der Waals surface area contributed by atoms with E-state index in [1.54, 1.807) is 0 Å². The average molecular weight is 349 g/mol. The first-order chi connectivity index (χ1) is 12.8. The molecule has 134 valence electrons. The van der Waals surface area contributed by atoms with Crippen molar-refractivity contribution < 1.29 is 4.79 Å². The second kappa shape index (κ2) is 7.15. The molecule has 0 saturated carbocycles. The van der Waals surface area contributed by atoms with Crippen molar-refractivity contribution in [3.63, 3.8) is 0 Å². The van der Waals surface area contributed by atoms with Crippen molar-refractivity contribution in [3.8, 4) is 0 Å². The molecule has 4 rings (SSSR count). The standard InChI is InChI=1S/C20H23N5O/c1-2-7-18-23-17-10-6-12-21-19(17)25(18)16-11-13-24(14-16)20(26)22-15-8-4-3-5-9-15/h3-6,8-10,12,16H,2,7,11,13-14H2,1H3,(H,22,26)/t16-/m1/s1. The second-order valence-corrected chi connectivity index (χ2v) is 6.68. The van der Waals surface area contributed by atoms with Crippen LogP contribution < -0.4 is 5.32 Å². The Kier molecular flexibility index (Phi) is 4.56. The third-order valence-electron chi connectivity index (χ3n) is 4.84. The number of likely N-dealkylation sites (tertiary alicyclic amines) is 1. The molecular weight excluding hydrogens is 326 g/mol. The Balaban J connectivity index is 1.54. The number of imidazole rings is 1. The molecule has 1 fully saturated rings. The van der Waals surface area contributed by atoms with Gasteiger partial charge in [-0.2, -0.15) is 0 Å². The molecule has 0 spiro atoms. The van der Waals surface area contributed by atoms with Crippen LogP contribution in [0.15, 0.2) is 48.7 Å². The van der Waals surface area contributed by atoms with E-state index in [1.165, 1.54) is 0 Å². The van der Waals surface area contributed by atoms with Gasteiger partial charge >= 0.3 is 6.03 Å². The Morgan fingerprint density at radius 3 is 2.88 bits per heavy atom. The highest BCUT2D eigenvalue weighted by molar-refractivity contribution is 5.89. The van der Waals surface area contributed by atoms with Crippen LogP contribution in [0.3, 0.4) is 0 Å². The van der Waals surface area contributed by atoms with Crippen LogP contribution >= 0.6 is 0 Å². The molecular formula is C20H23N5O. The number of para-hydroxylation sites is 1. The summed E-state index contributed by atoms with van der Waals surface area (Å²) in [4.78, 5) is 23.8. The molecule has 0 radical (unpaired) electrons. The molecule has 6 nitrogen and oxygen atoms in total. The number of aryl methyl sites for hydroxylation is 1. The van der Waals surface area contributed by atoms with Gasteiger partial charge in [0.1, 0.15) is 11.3 Å². The number of nitrogens with one attached hydrogen (secondary N) is 1. The molecule has 1 aliphatic heterocycles. The maximum Gasteiger partial charge on any atom is 0.321 e. The first-order valence-corrected chi connectivity index (χ1v) is 9.19. The number of benzene rings is 1. The van der Waals surface area contributed by atoms with Crippen molar-refractivity contribution in [2.24, 2.45) is 0 Å². The molecule has 2 aromatic heterocycles. The van der Waals surface area contributed by atoms with Gasteiger partial charge in [-0.3, -0.25) is 0 Å². The summed E-state index contributed by atoms with van der Waals surface area (Å²) in [6.45, 7) is 3.57. The molecule has 3 aromatic rings. The van der Waals surface area contributed by atoms with Crippen LogP contribution in [0.5, 0.6) is 0 Å². The summed E-state index contributed by atoms with van der Waals surface area (Å²) in [7, 11) is 0. The number of carbonyl (C=O) groups is 1. The summed E-state index contributed by atoms with van der Waals surface area (Å²) >= 11 is 0. The number of nitrogens with zero attached hydrogens (tertiary/aromatic N) is 4. The first kappa shape index (κ1) is 16.6. The largest absolute Gasteiger partial charge is 0.322 e. The first-order valence-electron chi connectivity index (χ1n) is 9.19. The van der Waals surface area contributed by atoms with Crippen molar-refractivity contribution in [1.29, 1.82) is 0 Å². The van der Waals surface area contributed by atoms with Crippen molar-refractivity contribution >= 4 is 22.9 Å². The van der Waals surface area contributed by atoms with Crippen molar-refractivity contribution in [2.75, 3.05) is 18.4 Å². The number of pyridine rings is 1. The van der Waals surface area contributed by atoms with E-state index in [9.17, 15) is 4.79 Å². The van der Waals surface area contributed by atoms with Gasteiger partial charge in [0.15, 0.2) is 5.65 Å². The van der Waals surface area contributed by atoms with E-state index in [0.29, 0.717) is 6.54 Å². The summed E-state index contributed by atoms with van der Waals surface area (Å²) in [6, 6.07) is 13.7. The van der Waals surface area contributed by atoms with E-state index in [-0.39, 0.29) is 12.1 Å². The maximum atomic E-state index is 12.6. The van der Waals surface area contributed by atoms with Gasteiger partial charge in [-0.05, 0) is 37.1 Å². The Hall–Kier alpha value is -2.89. The topological polar surface area (TPSA) is 63.1 Å². The fraction of sp³-hybridized carbons (Fsp3) is 0.350. The van der Waals surface area contributed by atoms with E-state index < -0.39 is 0 Å². The lowest BCUT2D eigenvalue weighted by atomic mass is 10.2.